The third kappa shape index (κ3) is 7.10. The molecule has 2 aromatic carbocycles. The predicted octanol–water partition coefficient (Wildman–Crippen LogP) is 4.18. The van der Waals surface area contributed by atoms with Crippen LogP contribution in [0.15, 0.2) is 47.4 Å². The molecule has 6 nitrogen and oxygen atoms in total. The minimum absolute atomic E-state index is 0.0217. The summed E-state index contributed by atoms with van der Waals surface area (Å²) in [7, 11) is -3.79. The monoisotopic (exact) mass is 483 g/mol. The average molecular weight is 484 g/mol. The second-order valence-corrected chi connectivity index (χ2v) is 10.5. The smallest absolute Gasteiger partial charge is 0.261 e. The molecule has 0 aromatic heterocycles. The van der Waals surface area contributed by atoms with Crippen molar-refractivity contribution < 1.29 is 13.2 Å². The fraction of sp³-hybridized carbons (Fsp3) is 0.409. The molecule has 1 heterocycles. The minimum Gasteiger partial charge on any atom is -0.355 e. The van der Waals surface area contributed by atoms with Crippen molar-refractivity contribution in [2.75, 3.05) is 30.9 Å². The number of hydrogen-bond acceptors (Lipinski definition) is 4. The van der Waals surface area contributed by atoms with Gasteiger partial charge in [-0.3, -0.25) is 9.52 Å². The molecule has 0 saturated carbocycles. The van der Waals surface area contributed by atoms with E-state index in [4.69, 9.17) is 23.2 Å². The molecule has 1 saturated heterocycles. The van der Waals surface area contributed by atoms with Crippen LogP contribution in [0.3, 0.4) is 0 Å². The molecular weight excluding hydrogens is 457 g/mol. The summed E-state index contributed by atoms with van der Waals surface area (Å²) < 4.78 is 27.5. The van der Waals surface area contributed by atoms with Gasteiger partial charge in [0.2, 0.25) is 5.91 Å². The topological polar surface area (TPSA) is 78.5 Å². The third-order valence-electron chi connectivity index (χ3n) is 5.19. The zero-order valence-corrected chi connectivity index (χ0v) is 19.7. The molecule has 1 unspecified atom stereocenters. The van der Waals surface area contributed by atoms with Crippen molar-refractivity contribution >= 4 is 44.8 Å². The number of sulfonamides is 1. The van der Waals surface area contributed by atoms with Crippen LogP contribution in [0.4, 0.5) is 5.69 Å². The van der Waals surface area contributed by atoms with Crippen LogP contribution in [-0.2, 0) is 21.2 Å². The largest absolute Gasteiger partial charge is 0.355 e. The lowest BCUT2D eigenvalue weighted by Gasteiger charge is -2.20. The van der Waals surface area contributed by atoms with Crippen molar-refractivity contribution in [3.05, 3.63) is 58.1 Å². The van der Waals surface area contributed by atoms with E-state index >= 15 is 0 Å². The molecule has 0 aliphatic carbocycles. The number of rotatable bonds is 9. The second kappa shape index (κ2) is 10.7. The van der Waals surface area contributed by atoms with Crippen LogP contribution >= 0.6 is 23.2 Å². The summed E-state index contributed by atoms with van der Waals surface area (Å²) in [6.45, 7) is 6.11. The van der Waals surface area contributed by atoms with Gasteiger partial charge in [-0.2, -0.15) is 0 Å². The number of amides is 1. The summed E-state index contributed by atoms with van der Waals surface area (Å²) in [5.41, 5.74) is 1.21. The van der Waals surface area contributed by atoms with E-state index in [1.807, 2.05) is 0 Å². The maximum Gasteiger partial charge on any atom is 0.261 e. The lowest BCUT2D eigenvalue weighted by molar-refractivity contribution is -0.120. The highest BCUT2D eigenvalue weighted by molar-refractivity contribution is 7.92. The van der Waals surface area contributed by atoms with Crippen LogP contribution in [0.2, 0.25) is 10.0 Å². The Bertz CT molecular complexity index is 1010. The maximum absolute atomic E-state index is 12.5. The molecular formula is C22H27Cl2N3O3S. The molecule has 2 aromatic rings. The van der Waals surface area contributed by atoms with Gasteiger partial charge in [0.1, 0.15) is 0 Å². The zero-order valence-electron chi connectivity index (χ0n) is 17.4. The molecule has 1 amide bonds. The average Bonchev–Trinajstić information content (AvgIpc) is 3.22. The molecule has 1 atom stereocenters. The van der Waals surface area contributed by atoms with E-state index in [1.165, 1.54) is 31.0 Å². The van der Waals surface area contributed by atoms with Crippen molar-refractivity contribution in [2.24, 2.45) is 5.92 Å². The van der Waals surface area contributed by atoms with Crippen LogP contribution < -0.4 is 10.0 Å². The number of hydrogen-bond donors (Lipinski definition) is 2. The molecule has 0 bridgehead atoms. The van der Waals surface area contributed by atoms with Gasteiger partial charge in [0.25, 0.3) is 10.0 Å². The van der Waals surface area contributed by atoms with Crippen molar-refractivity contribution in [3.8, 4) is 0 Å². The summed E-state index contributed by atoms with van der Waals surface area (Å²) in [4.78, 5) is 14.7. The van der Waals surface area contributed by atoms with Crippen molar-refractivity contribution in [2.45, 2.75) is 31.1 Å². The van der Waals surface area contributed by atoms with Crippen molar-refractivity contribution in [1.82, 2.24) is 10.2 Å². The molecule has 9 heteroatoms. The van der Waals surface area contributed by atoms with Gasteiger partial charge in [0.05, 0.1) is 21.4 Å². The minimum atomic E-state index is -3.79. The van der Waals surface area contributed by atoms with Gasteiger partial charge in [0.15, 0.2) is 0 Å². The lowest BCUT2D eigenvalue weighted by atomic mass is 10.1. The standard InChI is InChI=1S/C22H27Cl2N3O3S/c1-16(15-27-10-2-3-11-27)14-25-22(28)12-17-4-6-18(7-5-17)26-31(29,30)19-8-9-20(23)21(24)13-19/h4-9,13,16,26H,2-3,10-12,14-15H2,1H3,(H,25,28). The number of likely N-dealkylation sites (tertiary alicyclic amines) is 1. The number of carbonyl (C=O) groups excluding carboxylic acids is 1. The Morgan fingerprint density at radius 2 is 1.74 bits per heavy atom. The van der Waals surface area contributed by atoms with Gasteiger partial charge in [-0.15, -0.1) is 0 Å². The highest BCUT2D eigenvalue weighted by Gasteiger charge is 2.17. The quantitative estimate of drug-likeness (QED) is 0.560. The lowest BCUT2D eigenvalue weighted by Crippen LogP contribution is -2.35. The van der Waals surface area contributed by atoms with Crippen molar-refractivity contribution in [1.29, 1.82) is 0 Å². The van der Waals surface area contributed by atoms with Crippen LogP contribution in [-0.4, -0.2) is 45.4 Å². The molecule has 168 valence electrons. The highest BCUT2D eigenvalue weighted by atomic mass is 35.5. The van der Waals surface area contributed by atoms with E-state index in [-0.39, 0.29) is 27.3 Å². The SMILES string of the molecule is CC(CNC(=O)Cc1ccc(NS(=O)(=O)c2ccc(Cl)c(Cl)c2)cc1)CN1CCCC1. The summed E-state index contributed by atoms with van der Waals surface area (Å²) in [6.07, 6.45) is 2.77. The van der Waals surface area contributed by atoms with Crippen LogP contribution in [0, 0.1) is 5.92 Å². The molecule has 31 heavy (non-hydrogen) atoms. The van der Waals surface area contributed by atoms with E-state index in [9.17, 15) is 13.2 Å². The number of nitrogens with zero attached hydrogens (tertiary/aromatic N) is 1. The van der Waals surface area contributed by atoms with Crippen molar-refractivity contribution in [3.63, 3.8) is 0 Å². The summed E-state index contributed by atoms with van der Waals surface area (Å²) in [5.74, 6) is 0.359. The van der Waals surface area contributed by atoms with Crippen LogP contribution in [0.1, 0.15) is 25.3 Å². The molecule has 0 radical (unpaired) electrons. The molecule has 1 aliphatic heterocycles. The van der Waals surface area contributed by atoms with E-state index in [1.54, 1.807) is 24.3 Å². The number of anilines is 1. The Hall–Kier alpha value is -1.80. The molecule has 2 N–H and O–H groups in total. The first kappa shape index (κ1) is 23.9. The molecule has 1 aliphatic rings. The summed E-state index contributed by atoms with van der Waals surface area (Å²) in [5, 5.41) is 3.44. The Labute approximate surface area is 194 Å². The highest BCUT2D eigenvalue weighted by Crippen LogP contribution is 2.26. The Morgan fingerprint density at radius 3 is 2.39 bits per heavy atom. The Kier molecular flexibility index (Phi) is 8.22. The summed E-state index contributed by atoms with van der Waals surface area (Å²) in [6, 6.07) is 10.9. The van der Waals surface area contributed by atoms with Gasteiger partial charge < -0.3 is 10.2 Å². The van der Waals surface area contributed by atoms with Crippen LogP contribution in [0.5, 0.6) is 0 Å². The number of benzene rings is 2. The Balaban J connectivity index is 1.50. The number of carbonyl (C=O) groups is 1. The van der Waals surface area contributed by atoms with E-state index < -0.39 is 10.0 Å². The fourth-order valence-corrected chi connectivity index (χ4v) is 5.00. The predicted molar refractivity (Wildman–Crippen MR) is 125 cm³/mol. The van der Waals surface area contributed by atoms with E-state index in [2.05, 4.69) is 21.9 Å². The fourth-order valence-electron chi connectivity index (χ4n) is 3.56. The van der Waals surface area contributed by atoms with Gasteiger partial charge in [0, 0.05) is 18.8 Å². The van der Waals surface area contributed by atoms with Gasteiger partial charge in [-0.25, -0.2) is 8.42 Å². The number of halogens is 2. The summed E-state index contributed by atoms with van der Waals surface area (Å²) >= 11 is 11.8. The maximum atomic E-state index is 12.5. The van der Waals surface area contributed by atoms with E-state index in [0.717, 1.165) is 25.2 Å². The third-order valence-corrected chi connectivity index (χ3v) is 7.31. The van der Waals surface area contributed by atoms with Crippen LogP contribution in [0.25, 0.3) is 0 Å². The first-order valence-corrected chi connectivity index (χ1v) is 12.5. The second-order valence-electron chi connectivity index (χ2n) is 7.97. The normalized spacial score (nSPS) is 15.6. The van der Waals surface area contributed by atoms with Gasteiger partial charge in [-0.1, -0.05) is 42.3 Å². The Morgan fingerprint density at radius 1 is 1.06 bits per heavy atom. The molecule has 0 spiro atoms. The molecule has 3 rings (SSSR count). The zero-order chi connectivity index (χ0) is 22.4. The molecule has 1 fully saturated rings. The first-order chi connectivity index (χ1) is 14.7. The van der Waals surface area contributed by atoms with Gasteiger partial charge >= 0.3 is 0 Å². The van der Waals surface area contributed by atoms with E-state index in [0.29, 0.717) is 18.2 Å². The van der Waals surface area contributed by atoms with Gasteiger partial charge in [-0.05, 0) is 67.7 Å². The number of nitrogens with one attached hydrogen (secondary N) is 2. The first-order valence-electron chi connectivity index (χ1n) is 10.3.